The first-order chi connectivity index (χ1) is 15.3. The topological polar surface area (TPSA) is 55.4 Å². The fraction of sp³-hybridized carbons (Fsp3) is 0.240. The number of methoxy groups -OCH3 is 2. The second-order valence-electron chi connectivity index (χ2n) is 7.25. The van der Waals surface area contributed by atoms with Crippen LogP contribution in [0.3, 0.4) is 0 Å². The zero-order valence-electron chi connectivity index (χ0n) is 17.9. The van der Waals surface area contributed by atoms with Gasteiger partial charge in [0.25, 0.3) is 0 Å². The Morgan fingerprint density at radius 2 is 1.61 bits per heavy atom. The molecule has 6 heteroatoms. The molecule has 0 amide bonds. The highest BCUT2D eigenvalue weighted by molar-refractivity contribution is 7.13. The average Bonchev–Trinajstić information content (AvgIpc) is 3.24. The Bertz CT molecular complexity index is 1130. The van der Waals surface area contributed by atoms with Gasteiger partial charge in [0.05, 0.1) is 18.9 Å². The van der Waals surface area contributed by atoms with Crippen LogP contribution >= 0.6 is 11.5 Å². The Morgan fingerprint density at radius 3 is 2.42 bits per heavy atom. The van der Waals surface area contributed by atoms with E-state index in [2.05, 4.69) is 63.5 Å². The minimum absolute atomic E-state index is 0.740. The van der Waals surface area contributed by atoms with Gasteiger partial charge < -0.3 is 20.1 Å². The minimum Gasteiger partial charge on any atom is -0.493 e. The van der Waals surface area contributed by atoms with Gasteiger partial charge in [-0.05, 0) is 65.5 Å². The quantitative estimate of drug-likeness (QED) is 0.320. The van der Waals surface area contributed by atoms with Crippen molar-refractivity contribution >= 4 is 27.4 Å². The lowest BCUT2D eigenvalue weighted by molar-refractivity contribution is 0.355. The summed E-state index contributed by atoms with van der Waals surface area (Å²) in [6, 6.07) is 22.9. The molecule has 0 atom stereocenters. The van der Waals surface area contributed by atoms with E-state index in [0.717, 1.165) is 54.5 Å². The number of benzene rings is 3. The standard InChI is InChI=1S/C25H27N3O2S/c1-29-22-13-12-20(16-23(22)30-2)19-10-8-18(9-11-19)17-26-14-5-15-27-25-21-6-3-4-7-24(21)31-28-25/h3-4,6-13,16,26H,5,14-15,17H2,1-2H3,(H,27,28). The first-order valence-electron chi connectivity index (χ1n) is 10.4. The predicted octanol–water partition coefficient (Wildman–Crippen LogP) is 5.57. The van der Waals surface area contributed by atoms with Crippen molar-refractivity contribution in [2.24, 2.45) is 0 Å². The van der Waals surface area contributed by atoms with Gasteiger partial charge in [-0.15, -0.1) is 0 Å². The van der Waals surface area contributed by atoms with Crippen LogP contribution in [0, 0.1) is 0 Å². The molecule has 1 heterocycles. The number of hydrogen-bond donors (Lipinski definition) is 2. The van der Waals surface area contributed by atoms with Crippen LogP contribution in [-0.4, -0.2) is 31.7 Å². The van der Waals surface area contributed by atoms with Crippen molar-refractivity contribution in [3.8, 4) is 22.6 Å². The van der Waals surface area contributed by atoms with Crippen LogP contribution in [-0.2, 0) is 6.54 Å². The highest BCUT2D eigenvalue weighted by atomic mass is 32.1. The van der Waals surface area contributed by atoms with E-state index in [4.69, 9.17) is 9.47 Å². The molecule has 0 saturated heterocycles. The molecule has 1 aromatic heterocycles. The molecule has 2 N–H and O–H groups in total. The smallest absolute Gasteiger partial charge is 0.161 e. The Balaban J connectivity index is 1.23. The number of anilines is 1. The second kappa shape index (κ2) is 10.3. The van der Waals surface area contributed by atoms with Crippen molar-refractivity contribution < 1.29 is 9.47 Å². The number of ether oxygens (including phenoxy) is 2. The summed E-state index contributed by atoms with van der Waals surface area (Å²) in [7, 11) is 3.31. The SMILES string of the molecule is COc1ccc(-c2ccc(CNCCCNc3nsc4ccccc34)cc2)cc1OC. The minimum atomic E-state index is 0.740. The van der Waals surface area contributed by atoms with Crippen molar-refractivity contribution in [2.45, 2.75) is 13.0 Å². The van der Waals surface area contributed by atoms with E-state index < -0.39 is 0 Å². The van der Waals surface area contributed by atoms with E-state index >= 15 is 0 Å². The summed E-state index contributed by atoms with van der Waals surface area (Å²) in [6.45, 7) is 2.71. The first kappa shape index (κ1) is 21.2. The molecule has 0 aliphatic carbocycles. The molecule has 0 spiro atoms. The lowest BCUT2D eigenvalue weighted by atomic mass is 10.0. The first-order valence-corrected chi connectivity index (χ1v) is 11.2. The van der Waals surface area contributed by atoms with Crippen molar-refractivity contribution in [3.63, 3.8) is 0 Å². The summed E-state index contributed by atoms with van der Waals surface area (Å²) in [5.74, 6) is 2.47. The Morgan fingerprint density at radius 1 is 0.839 bits per heavy atom. The fourth-order valence-corrected chi connectivity index (χ4v) is 4.25. The van der Waals surface area contributed by atoms with Crippen LogP contribution in [0.2, 0.25) is 0 Å². The van der Waals surface area contributed by atoms with Crippen LogP contribution in [0.15, 0.2) is 66.7 Å². The largest absolute Gasteiger partial charge is 0.493 e. The van der Waals surface area contributed by atoms with Gasteiger partial charge in [-0.25, -0.2) is 0 Å². The van der Waals surface area contributed by atoms with Crippen LogP contribution in [0.5, 0.6) is 11.5 Å². The van der Waals surface area contributed by atoms with Gasteiger partial charge in [-0.2, -0.15) is 4.37 Å². The molecule has 5 nitrogen and oxygen atoms in total. The van der Waals surface area contributed by atoms with Crippen molar-refractivity contribution in [2.75, 3.05) is 32.6 Å². The molecule has 0 unspecified atom stereocenters. The molecule has 4 aromatic rings. The van der Waals surface area contributed by atoms with Gasteiger partial charge in [-0.1, -0.05) is 42.5 Å². The number of rotatable bonds is 10. The third-order valence-corrected chi connectivity index (χ3v) is 6.03. The van der Waals surface area contributed by atoms with Crippen LogP contribution < -0.4 is 20.1 Å². The van der Waals surface area contributed by atoms with E-state index in [1.165, 1.54) is 15.6 Å². The second-order valence-corrected chi connectivity index (χ2v) is 8.06. The monoisotopic (exact) mass is 433 g/mol. The van der Waals surface area contributed by atoms with Crippen molar-refractivity contribution in [1.29, 1.82) is 0 Å². The Hall–Kier alpha value is -3.09. The van der Waals surface area contributed by atoms with Gasteiger partial charge in [-0.3, -0.25) is 0 Å². The van der Waals surface area contributed by atoms with Crippen molar-refractivity contribution in [1.82, 2.24) is 9.69 Å². The molecule has 0 radical (unpaired) electrons. The molecular weight excluding hydrogens is 406 g/mol. The summed E-state index contributed by atoms with van der Waals surface area (Å²) in [6.07, 6.45) is 1.04. The number of hydrogen-bond acceptors (Lipinski definition) is 6. The van der Waals surface area contributed by atoms with Crippen LogP contribution in [0.25, 0.3) is 21.2 Å². The molecule has 0 saturated carbocycles. The summed E-state index contributed by atoms with van der Waals surface area (Å²) >= 11 is 1.54. The fourth-order valence-electron chi connectivity index (χ4n) is 3.50. The maximum Gasteiger partial charge on any atom is 0.161 e. The number of fused-ring (bicyclic) bond motifs is 1. The average molecular weight is 434 g/mol. The highest BCUT2D eigenvalue weighted by Crippen LogP contribution is 2.32. The van der Waals surface area contributed by atoms with E-state index in [-0.39, 0.29) is 0 Å². The lowest BCUT2D eigenvalue weighted by Gasteiger charge is -2.10. The molecule has 160 valence electrons. The maximum atomic E-state index is 5.41. The van der Waals surface area contributed by atoms with Crippen LogP contribution in [0.4, 0.5) is 5.82 Å². The molecule has 0 aliphatic rings. The summed E-state index contributed by atoms with van der Waals surface area (Å²) in [4.78, 5) is 0. The molecule has 0 aliphatic heterocycles. The normalized spacial score (nSPS) is 10.9. The van der Waals surface area contributed by atoms with E-state index in [1.54, 1.807) is 25.8 Å². The molecule has 4 rings (SSSR count). The van der Waals surface area contributed by atoms with Gasteiger partial charge in [0.2, 0.25) is 0 Å². The van der Waals surface area contributed by atoms with E-state index in [1.807, 2.05) is 18.2 Å². The maximum absolute atomic E-state index is 5.41. The Kier molecular flexibility index (Phi) is 7.02. The van der Waals surface area contributed by atoms with E-state index in [9.17, 15) is 0 Å². The summed E-state index contributed by atoms with van der Waals surface area (Å²) in [5, 5.41) is 8.17. The third-order valence-electron chi connectivity index (χ3n) is 5.20. The molecule has 0 bridgehead atoms. The molecular formula is C25H27N3O2S. The number of nitrogens with one attached hydrogen (secondary N) is 2. The van der Waals surface area contributed by atoms with Gasteiger partial charge >= 0.3 is 0 Å². The number of nitrogens with zero attached hydrogens (tertiary/aromatic N) is 1. The summed E-state index contributed by atoms with van der Waals surface area (Å²) in [5.41, 5.74) is 3.53. The lowest BCUT2D eigenvalue weighted by Crippen LogP contribution is -2.17. The zero-order chi connectivity index (χ0) is 21.5. The predicted molar refractivity (Wildman–Crippen MR) is 129 cm³/mol. The molecule has 31 heavy (non-hydrogen) atoms. The molecule has 0 fully saturated rings. The number of aromatic nitrogens is 1. The van der Waals surface area contributed by atoms with Gasteiger partial charge in [0.15, 0.2) is 11.5 Å². The third kappa shape index (κ3) is 5.16. The van der Waals surface area contributed by atoms with Crippen LogP contribution in [0.1, 0.15) is 12.0 Å². The molecule has 3 aromatic carbocycles. The highest BCUT2D eigenvalue weighted by Gasteiger charge is 2.06. The van der Waals surface area contributed by atoms with Crippen molar-refractivity contribution in [3.05, 3.63) is 72.3 Å². The van der Waals surface area contributed by atoms with E-state index in [0.29, 0.717) is 0 Å². The zero-order valence-corrected chi connectivity index (χ0v) is 18.7. The van der Waals surface area contributed by atoms with Gasteiger partial charge in [0, 0.05) is 18.5 Å². The Labute approximate surface area is 187 Å². The van der Waals surface area contributed by atoms with Gasteiger partial charge in [0.1, 0.15) is 5.82 Å². The summed E-state index contributed by atoms with van der Waals surface area (Å²) < 4.78 is 16.5.